The van der Waals surface area contributed by atoms with E-state index in [0.717, 1.165) is 11.2 Å². The van der Waals surface area contributed by atoms with Crippen molar-refractivity contribution in [2.45, 2.75) is 27.3 Å². The third kappa shape index (κ3) is 1.73. The van der Waals surface area contributed by atoms with Crippen LogP contribution in [0.1, 0.15) is 22.4 Å². The summed E-state index contributed by atoms with van der Waals surface area (Å²) in [6, 6.07) is 6.42. The van der Waals surface area contributed by atoms with Crippen LogP contribution in [-0.4, -0.2) is 4.98 Å². The lowest BCUT2D eigenvalue weighted by Crippen LogP contribution is -2.01. The molecule has 15 heavy (non-hydrogen) atoms. The number of nitrogens with zero attached hydrogens (tertiary/aromatic N) is 1. The highest BCUT2D eigenvalue weighted by Gasteiger charge is 2.05. The molecule has 0 radical (unpaired) electrons. The van der Waals surface area contributed by atoms with Gasteiger partial charge in [-0.1, -0.05) is 11.6 Å². The molecule has 2 heteroatoms. The largest absolute Gasteiger partial charge is 0.325 e. The van der Waals surface area contributed by atoms with E-state index in [0.29, 0.717) is 6.54 Å². The Balaban J connectivity index is 2.85. The van der Waals surface area contributed by atoms with Gasteiger partial charge in [0, 0.05) is 11.9 Å². The molecule has 0 fully saturated rings. The molecule has 2 rings (SSSR count). The van der Waals surface area contributed by atoms with Gasteiger partial charge in [0.15, 0.2) is 0 Å². The lowest BCUT2D eigenvalue weighted by Gasteiger charge is -2.08. The maximum atomic E-state index is 5.63. The minimum Gasteiger partial charge on any atom is -0.325 e. The second kappa shape index (κ2) is 3.63. The van der Waals surface area contributed by atoms with Gasteiger partial charge in [-0.15, -0.1) is 0 Å². The summed E-state index contributed by atoms with van der Waals surface area (Å²) in [6.45, 7) is 6.83. The molecule has 0 amide bonds. The van der Waals surface area contributed by atoms with Crippen LogP contribution in [0.3, 0.4) is 0 Å². The van der Waals surface area contributed by atoms with Gasteiger partial charge in [0.2, 0.25) is 0 Å². The molecular formula is C13H16N2. The molecule has 2 nitrogen and oxygen atoms in total. The fourth-order valence-corrected chi connectivity index (χ4v) is 2.02. The van der Waals surface area contributed by atoms with Crippen LogP contribution in [0.5, 0.6) is 0 Å². The normalized spacial score (nSPS) is 10.9. The van der Waals surface area contributed by atoms with Crippen molar-refractivity contribution < 1.29 is 0 Å². The summed E-state index contributed by atoms with van der Waals surface area (Å²) >= 11 is 0. The van der Waals surface area contributed by atoms with Crippen LogP contribution in [0.25, 0.3) is 10.9 Å². The van der Waals surface area contributed by atoms with E-state index >= 15 is 0 Å². The van der Waals surface area contributed by atoms with Gasteiger partial charge in [-0.05, 0) is 44.0 Å². The Bertz CT molecular complexity index is 515. The first kappa shape index (κ1) is 10.1. The van der Waals surface area contributed by atoms with Crippen molar-refractivity contribution in [2.75, 3.05) is 0 Å². The lowest BCUT2D eigenvalue weighted by molar-refractivity contribution is 1.000. The third-order valence-electron chi connectivity index (χ3n) is 2.72. The Kier molecular flexibility index (Phi) is 2.45. The minimum absolute atomic E-state index is 0.504. The number of hydrogen-bond acceptors (Lipinski definition) is 2. The Morgan fingerprint density at radius 2 is 1.80 bits per heavy atom. The van der Waals surface area contributed by atoms with E-state index in [1.165, 1.54) is 22.1 Å². The maximum absolute atomic E-state index is 5.63. The number of fused-ring (bicyclic) bond motifs is 1. The van der Waals surface area contributed by atoms with Crippen LogP contribution in [0, 0.1) is 20.8 Å². The summed E-state index contributed by atoms with van der Waals surface area (Å²) < 4.78 is 0. The van der Waals surface area contributed by atoms with E-state index in [4.69, 9.17) is 5.73 Å². The number of aryl methyl sites for hydroxylation is 3. The summed E-state index contributed by atoms with van der Waals surface area (Å²) in [5.41, 5.74) is 11.4. The van der Waals surface area contributed by atoms with Crippen LogP contribution < -0.4 is 5.73 Å². The Labute approximate surface area is 90.1 Å². The first-order valence-corrected chi connectivity index (χ1v) is 5.19. The molecule has 0 aliphatic carbocycles. The van der Waals surface area contributed by atoms with E-state index in [1.54, 1.807) is 0 Å². The zero-order chi connectivity index (χ0) is 11.0. The summed E-state index contributed by atoms with van der Waals surface area (Å²) in [4.78, 5) is 4.57. The van der Waals surface area contributed by atoms with E-state index in [9.17, 15) is 0 Å². The van der Waals surface area contributed by atoms with Gasteiger partial charge >= 0.3 is 0 Å². The average molecular weight is 200 g/mol. The van der Waals surface area contributed by atoms with E-state index < -0.39 is 0 Å². The van der Waals surface area contributed by atoms with Crippen LogP contribution >= 0.6 is 0 Å². The van der Waals surface area contributed by atoms with Crippen molar-refractivity contribution in [1.82, 2.24) is 4.98 Å². The molecule has 1 aromatic heterocycles. The third-order valence-corrected chi connectivity index (χ3v) is 2.72. The van der Waals surface area contributed by atoms with Gasteiger partial charge in [-0.3, -0.25) is 4.98 Å². The zero-order valence-corrected chi connectivity index (χ0v) is 9.46. The van der Waals surface area contributed by atoms with Crippen molar-refractivity contribution in [3.05, 3.63) is 40.6 Å². The second-order valence-corrected chi connectivity index (χ2v) is 4.11. The van der Waals surface area contributed by atoms with E-state index in [2.05, 4.69) is 44.0 Å². The second-order valence-electron chi connectivity index (χ2n) is 4.11. The topological polar surface area (TPSA) is 38.9 Å². The molecule has 1 heterocycles. The van der Waals surface area contributed by atoms with Gasteiger partial charge in [-0.2, -0.15) is 0 Å². The molecule has 2 aromatic rings. The highest BCUT2D eigenvalue weighted by Crippen LogP contribution is 2.22. The highest BCUT2D eigenvalue weighted by molar-refractivity contribution is 5.85. The molecule has 0 aliphatic heterocycles. The fraction of sp³-hybridized carbons (Fsp3) is 0.308. The monoisotopic (exact) mass is 200 g/mol. The number of aromatic nitrogens is 1. The van der Waals surface area contributed by atoms with Gasteiger partial charge in [0.1, 0.15) is 0 Å². The molecule has 1 aromatic carbocycles. The molecule has 0 bridgehead atoms. The Hall–Kier alpha value is -1.41. The SMILES string of the molecule is Cc1cc(C)c2nc(CN)cc(C)c2c1. The van der Waals surface area contributed by atoms with Crippen molar-refractivity contribution in [3.63, 3.8) is 0 Å². The molecule has 0 saturated carbocycles. The van der Waals surface area contributed by atoms with Crippen molar-refractivity contribution in [3.8, 4) is 0 Å². The summed E-state index contributed by atoms with van der Waals surface area (Å²) in [7, 11) is 0. The molecule has 0 unspecified atom stereocenters. The van der Waals surface area contributed by atoms with Crippen molar-refractivity contribution in [1.29, 1.82) is 0 Å². The number of nitrogens with two attached hydrogens (primary N) is 1. The quantitative estimate of drug-likeness (QED) is 0.768. The average Bonchev–Trinajstić information content (AvgIpc) is 2.19. The molecule has 0 aliphatic rings. The fourth-order valence-electron chi connectivity index (χ4n) is 2.02. The summed E-state index contributed by atoms with van der Waals surface area (Å²) in [6.07, 6.45) is 0. The maximum Gasteiger partial charge on any atom is 0.0737 e. The van der Waals surface area contributed by atoms with E-state index in [1.807, 2.05) is 0 Å². The molecule has 78 valence electrons. The smallest absolute Gasteiger partial charge is 0.0737 e. The van der Waals surface area contributed by atoms with E-state index in [-0.39, 0.29) is 0 Å². The van der Waals surface area contributed by atoms with Gasteiger partial charge in [0.25, 0.3) is 0 Å². The van der Waals surface area contributed by atoms with Gasteiger partial charge < -0.3 is 5.73 Å². The van der Waals surface area contributed by atoms with Gasteiger partial charge in [-0.25, -0.2) is 0 Å². The number of pyridine rings is 1. The Morgan fingerprint density at radius 1 is 1.07 bits per heavy atom. The van der Waals surface area contributed by atoms with Crippen LogP contribution in [-0.2, 0) is 6.54 Å². The Morgan fingerprint density at radius 3 is 2.47 bits per heavy atom. The summed E-state index contributed by atoms with van der Waals surface area (Å²) in [5.74, 6) is 0. The highest BCUT2D eigenvalue weighted by atomic mass is 14.7. The number of benzene rings is 1. The van der Waals surface area contributed by atoms with Crippen LogP contribution in [0.15, 0.2) is 18.2 Å². The molecule has 0 atom stereocenters. The lowest BCUT2D eigenvalue weighted by atomic mass is 10.0. The number of hydrogen-bond donors (Lipinski definition) is 1. The van der Waals surface area contributed by atoms with Crippen LogP contribution in [0.2, 0.25) is 0 Å². The van der Waals surface area contributed by atoms with Crippen LogP contribution in [0.4, 0.5) is 0 Å². The molecular weight excluding hydrogens is 184 g/mol. The van der Waals surface area contributed by atoms with Gasteiger partial charge in [0.05, 0.1) is 11.2 Å². The predicted molar refractivity (Wildman–Crippen MR) is 63.8 cm³/mol. The molecule has 2 N–H and O–H groups in total. The molecule has 0 spiro atoms. The van der Waals surface area contributed by atoms with Crippen molar-refractivity contribution >= 4 is 10.9 Å². The molecule has 0 saturated heterocycles. The standard InChI is InChI=1S/C13H16N2/c1-8-4-10(3)13-12(5-8)9(2)6-11(7-14)15-13/h4-6H,7,14H2,1-3H3. The number of rotatable bonds is 1. The summed E-state index contributed by atoms with van der Waals surface area (Å²) in [5, 5.41) is 1.24. The van der Waals surface area contributed by atoms with Crippen molar-refractivity contribution in [2.24, 2.45) is 5.73 Å². The predicted octanol–water partition coefficient (Wildman–Crippen LogP) is 2.62. The first-order valence-electron chi connectivity index (χ1n) is 5.19. The first-order chi connectivity index (χ1) is 7.11. The minimum atomic E-state index is 0.504. The zero-order valence-electron chi connectivity index (χ0n) is 9.46.